The first-order valence-corrected chi connectivity index (χ1v) is 7.35. The van der Waals surface area contributed by atoms with Gasteiger partial charge in [0.05, 0.1) is 5.60 Å². The van der Waals surface area contributed by atoms with E-state index >= 15 is 0 Å². The summed E-state index contributed by atoms with van der Waals surface area (Å²) >= 11 is 0. The number of carbonyl (C=O) groups is 1. The Morgan fingerprint density at radius 3 is 2.79 bits per heavy atom. The lowest BCUT2D eigenvalue weighted by Gasteiger charge is -2.32. The minimum atomic E-state index is -0.690. The van der Waals surface area contributed by atoms with Crippen LogP contribution in [0.15, 0.2) is 18.3 Å². The summed E-state index contributed by atoms with van der Waals surface area (Å²) in [6, 6.07) is 4.29. The van der Waals surface area contributed by atoms with Crippen molar-refractivity contribution in [2.45, 2.75) is 56.6 Å². The third-order valence-electron chi connectivity index (χ3n) is 4.31. The van der Waals surface area contributed by atoms with Gasteiger partial charge in [-0.3, -0.25) is 4.79 Å². The molecule has 2 fully saturated rings. The van der Waals surface area contributed by atoms with Crippen LogP contribution < -0.4 is 5.32 Å². The van der Waals surface area contributed by atoms with Crippen LogP contribution in [0.25, 0.3) is 0 Å². The van der Waals surface area contributed by atoms with Gasteiger partial charge < -0.3 is 15.0 Å². The lowest BCUT2D eigenvalue weighted by molar-refractivity contribution is 0.00517. The molecule has 1 aromatic rings. The fourth-order valence-electron chi connectivity index (χ4n) is 2.98. The second-order valence-corrected chi connectivity index (χ2v) is 6.00. The SMILES string of the molecule is O=C(NCC1(O)CCCCC1)c1cccn1C1CC1. The summed E-state index contributed by atoms with van der Waals surface area (Å²) in [5, 5.41) is 13.3. The van der Waals surface area contributed by atoms with E-state index in [1.807, 2.05) is 18.3 Å². The number of nitrogens with one attached hydrogen (secondary N) is 1. The maximum atomic E-state index is 12.2. The maximum Gasteiger partial charge on any atom is 0.268 e. The van der Waals surface area contributed by atoms with Crippen LogP contribution >= 0.6 is 0 Å². The van der Waals surface area contributed by atoms with E-state index in [0.29, 0.717) is 12.6 Å². The molecule has 3 rings (SSSR count). The molecule has 0 aromatic carbocycles. The second kappa shape index (κ2) is 5.00. The van der Waals surface area contributed by atoms with Gasteiger partial charge in [0.2, 0.25) is 0 Å². The molecule has 0 radical (unpaired) electrons. The number of rotatable bonds is 4. The number of carbonyl (C=O) groups excluding carboxylic acids is 1. The van der Waals surface area contributed by atoms with E-state index in [1.165, 1.54) is 19.3 Å². The average Bonchev–Trinajstić information content (AvgIpc) is 3.14. The predicted octanol–water partition coefficient (Wildman–Crippen LogP) is 2.25. The van der Waals surface area contributed by atoms with Crippen LogP contribution in [-0.2, 0) is 0 Å². The van der Waals surface area contributed by atoms with Crippen LogP contribution in [0.1, 0.15) is 61.5 Å². The van der Waals surface area contributed by atoms with Crippen molar-refractivity contribution in [3.63, 3.8) is 0 Å². The van der Waals surface area contributed by atoms with Crippen molar-refractivity contribution in [1.82, 2.24) is 9.88 Å². The zero-order valence-corrected chi connectivity index (χ0v) is 11.3. The van der Waals surface area contributed by atoms with Gasteiger partial charge in [-0.25, -0.2) is 0 Å². The van der Waals surface area contributed by atoms with E-state index < -0.39 is 5.60 Å². The topological polar surface area (TPSA) is 54.3 Å². The van der Waals surface area contributed by atoms with Crippen molar-refractivity contribution < 1.29 is 9.90 Å². The predicted molar refractivity (Wildman–Crippen MR) is 73.1 cm³/mol. The summed E-state index contributed by atoms with van der Waals surface area (Å²) in [7, 11) is 0. The smallest absolute Gasteiger partial charge is 0.268 e. The highest BCUT2D eigenvalue weighted by Gasteiger charge is 2.31. The molecule has 4 heteroatoms. The summed E-state index contributed by atoms with van der Waals surface area (Å²) in [5.41, 5.74) is 0.0344. The summed E-state index contributed by atoms with van der Waals surface area (Å²) in [6.07, 6.45) is 9.23. The minimum Gasteiger partial charge on any atom is -0.388 e. The van der Waals surface area contributed by atoms with Crippen molar-refractivity contribution in [1.29, 1.82) is 0 Å². The monoisotopic (exact) mass is 262 g/mol. The van der Waals surface area contributed by atoms with Gasteiger partial charge in [-0.15, -0.1) is 0 Å². The standard InChI is InChI=1S/C15H22N2O2/c18-14(13-5-4-10-17(13)12-6-7-12)16-11-15(19)8-2-1-3-9-15/h4-5,10,12,19H,1-3,6-9,11H2,(H,16,18). The Morgan fingerprint density at radius 2 is 2.11 bits per heavy atom. The summed E-state index contributed by atoms with van der Waals surface area (Å²) < 4.78 is 2.06. The Labute approximate surface area is 113 Å². The van der Waals surface area contributed by atoms with Gasteiger partial charge in [-0.2, -0.15) is 0 Å². The molecule has 0 bridgehead atoms. The first-order chi connectivity index (χ1) is 9.18. The van der Waals surface area contributed by atoms with E-state index in [2.05, 4.69) is 9.88 Å². The van der Waals surface area contributed by atoms with Crippen LogP contribution in [0, 0.1) is 0 Å². The third-order valence-corrected chi connectivity index (χ3v) is 4.31. The highest BCUT2D eigenvalue weighted by atomic mass is 16.3. The Balaban J connectivity index is 1.60. The molecule has 2 aliphatic carbocycles. The molecule has 4 nitrogen and oxygen atoms in total. The summed E-state index contributed by atoms with van der Waals surface area (Å²) in [6.45, 7) is 0.377. The van der Waals surface area contributed by atoms with E-state index in [9.17, 15) is 9.90 Å². The van der Waals surface area contributed by atoms with Crippen LogP contribution in [0.4, 0.5) is 0 Å². The van der Waals surface area contributed by atoms with Crippen molar-refractivity contribution in [2.24, 2.45) is 0 Å². The zero-order chi connectivity index (χ0) is 13.3. The fourth-order valence-corrected chi connectivity index (χ4v) is 2.98. The molecule has 104 valence electrons. The summed E-state index contributed by atoms with van der Waals surface area (Å²) in [4.78, 5) is 12.2. The van der Waals surface area contributed by atoms with E-state index in [-0.39, 0.29) is 5.91 Å². The Morgan fingerprint density at radius 1 is 1.37 bits per heavy atom. The van der Waals surface area contributed by atoms with Gasteiger partial charge in [0.1, 0.15) is 5.69 Å². The number of aliphatic hydroxyl groups is 1. The summed E-state index contributed by atoms with van der Waals surface area (Å²) in [5.74, 6) is -0.0594. The number of amides is 1. The molecular weight excluding hydrogens is 240 g/mol. The number of aromatic nitrogens is 1. The Bertz CT molecular complexity index is 456. The van der Waals surface area contributed by atoms with Crippen LogP contribution in [-0.4, -0.2) is 27.7 Å². The van der Waals surface area contributed by atoms with Crippen molar-refractivity contribution in [2.75, 3.05) is 6.54 Å². The molecule has 0 atom stereocenters. The number of hydrogen-bond donors (Lipinski definition) is 2. The number of nitrogens with zero attached hydrogens (tertiary/aromatic N) is 1. The molecule has 1 amide bonds. The second-order valence-electron chi connectivity index (χ2n) is 6.00. The van der Waals surface area contributed by atoms with Gasteiger partial charge in [0, 0.05) is 18.8 Å². The van der Waals surface area contributed by atoms with E-state index in [1.54, 1.807) is 0 Å². The molecule has 0 spiro atoms. The molecule has 2 aliphatic rings. The zero-order valence-electron chi connectivity index (χ0n) is 11.3. The van der Waals surface area contributed by atoms with Gasteiger partial charge in [0.25, 0.3) is 5.91 Å². The molecule has 19 heavy (non-hydrogen) atoms. The van der Waals surface area contributed by atoms with Crippen LogP contribution in [0.3, 0.4) is 0 Å². The van der Waals surface area contributed by atoms with Gasteiger partial charge >= 0.3 is 0 Å². The first kappa shape index (κ1) is 12.7. The van der Waals surface area contributed by atoms with Gasteiger partial charge in [0.15, 0.2) is 0 Å². The van der Waals surface area contributed by atoms with Crippen molar-refractivity contribution >= 4 is 5.91 Å². The highest BCUT2D eigenvalue weighted by Crippen LogP contribution is 2.36. The minimum absolute atomic E-state index is 0.0594. The largest absolute Gasteiger partial charge is 0.388 e. The van der Waals surface area contributed by atoms with Gasteiger partial charge in [-0.1, -0.05) is 19.3 Å². The fraction of sp³-hybridized carbons (Fsp3) is 0.667. The Hall–Kier alpha value is -1.29. The highest BCUT2D eigenvalue weighted by molar-refractivity contribution is 5.92. The van der Waals surface area contributed by atoms with Crippen molar-refractivity contribution in [3.05, 3.63) is 24.0 Å². The molecule has 0 saturated heterocycles. The lowest BCUT2D eigenvalue weighted by Crippen LogP contribution is -2.44. The molecular formula is C15H22N2O2. The quantitative estimate of drug-likeness (QED) is 0.874. The van der Waals surface area contributed by atoms with E-state index in [4.69, 9.17) is 0 Å². The van der Waals surface area contributed by atoms with Crippen LogP contribution in [0.5, 0.6) is 0 Å². The lowest BCUT2D eigenvalue weighted by atomic mass is 9.85. The first-order valence-electron chi connectivity index (χ1n) is 7.35. The molecule has 0 unspecified atom stereocenters. The molecule has 2 saturated carbocycles. The Kier molecular flexibility index (Phi) is 3.35. The average molecular weight is 262 g/mol. The van der Waals surface area contributed by atoms with Crippen LogP contribution in [0.2, 0.25) is 0 Å². The normalized spacial score (nSPS) is 22.2. The molecule has 1 heterocycles. The third kappa shape index (κ3) is 2.84. The van der Waals surface area contributed by atoms with Gasteiger partial charge in [-0.05, 0) is 37.8 Å². The molecule has 0 aliphatic heterocycles. The van der Waals surface area contributed by atoms with Crippen molar-refractivity contribution in [3.8, 4) is 0 Å². The molecule has 2 N–H and O–H groups in total. The number of hydrogen-bond acceptors (Lipinski definition) is 2. The molecule has 1 aromatic heterocycles. The maximum absolute atomic E-state index is 12.2. The van der Waals surface area contributed by atoms with E-state index in [0.717, 1.165) is 31.4 Å².